The van der Waals surface area contributed by atoms with Crippen molar-refractivity contribution in [1.82, 2.24) is 5.32 Å². The van der Waals surface area contributed by atoms with Gasteiger partial charge in [0.2, 0.25) is 5.91 Å². The van der Waals surface area contributed by atoms with Crippen LogP contribution in [-0.4, -0.2) is 18.1 Å². The molecule has 23 heavy (non-hydrogen) atoms. The van der Waals surface area contributed by atoms with Crippen molar-refractivity contribution < 1.29 is 9.53 Å². The van der Waals surface area contributed by atoms with Gasteiger partial charge in [-0.25, -0.2) is 0 Å². The second-order valence-corrected chi connectivity index (χ2v) is 7.20. The van der Waals surface area contributed by atoms with Crippen LogP contribution >= 0.6 is 12.2 Å². The minimum Gasteiger partial charge on any atom is -0.497 e. The number of ether oxygens (including phenoxy) is 1. The quantitative estimate of drug-likeness (QED) is 0.800. The summed E-state index contributed by atoms with van der Waals surface area (Å²) in [5.74, 6) is 1.94. The van der Waals surface area contributed by atoms with Crippen LogP contribution in [0.1, 0.15) is 40.0 Å². The van der Waals surface area contributed by atoms with Crippen molar-refractivity contribution in [1.29, 1.82) is 0 Å². The third kappa shape index (κ3) is 4.22. The van der Waals surface area contributed by atoms with E-state index in [1.54, 1.807) is 7.11 Å². The van der Waals surface area contributed by atoms with Crippen LogP contribution in [0, 0.1) is 17.3 Å². The molecule has 2 rings (SSSR count). The number of thiocarbonyl (C=S) groups is 1. The first-order valence-corrected chi connectivity index (χ1v) is 8.52. The first kappa shape index (κ1) is 17.7. The van der Waals surface area contributed by atoms with E-state index >= 15 is 0 Å². The van der Waals surface area contributed by atoms with Gasteiger partial charge in [-0.1, -0.05) is 27.2 Å². The molecule has 2 N–H and O–H groups in total. The van der Waals surface area contributed by atoms with E-state index in [4.69, 9.17) is 17.0 Å². The lowest BCUT2D eigenvalue weighted by molar-refractivity contribution is -0.125. The van der Waals surface area contributed by atoms with Gasteiger partial charge in [-0.05, 0) is 60.2 Å². The zero-order valence-electron chi connectivity index (χ0n) is 14.3. The molecule has 0 heterocycles. The summed E-state index contributed by atoms with van der Waals surface area (Å²) in [7, 11) is 1.62. The molecule has 1 aromatic rings. The maximum Gasteiger partial charge on any atom is 0.226 e. The molecule has 126 valence electrons. The second-order valence-electron chi connectivity index (χ2n) is 6.79. The third-order valence-corrected chi connectivity index (χ3v) is 5.40. The van der Waals surface area contributed by atoms with Crippen LogP contribution in [0.3, 0.4) is 0 Å². The van der Waals surface area contributed by atoms with Gasteiger partial charge in [0.15, 0.2) is 5.11 Å². The average molecular weight is 334 g/mol. The summed E-state index contributed by atoms with van der Waals surface area (Å²) in [6, 6.07) is 7.40. The van der Waals surface area contributed by atoms with Crippen LogP contribution in [0.15, 0.2) is 24.3 Å². The molecule has 1 aliphatic carbocycles. The Balaban J connectivity index is 1.80. The van der Waals surface area contributed by atoms with Crippen molar-refractivity contribution in [2.24, 2.45) is 17.3 Å². The number of anilines is 1. The highest BCUT2D eigenvalue weighted by Crippen LogP contribution is 2.54. The first-order valence-electron chi connectivity index (χ1n) is 8.11. The van der Waals surface area contributed by atoms with E-state index in [-0.39, 0.29) is 11.3 Å². The molecule has 0 unspecified atom stereocenters. The summed E-state index contributed by atoms with van der Waals surface area (Å²) in [6.07, 6.45) is 2.85. The molecular weight excluding hydrogens is 308 g/mol. The minimum atomic E-state index is -0.0105. The van der Waals surface area contributed by atoms with E-state index in [1.807, 2.05) is 24.3 Å². The van der Waals surface area contributed by atoms with Gasteiger partial charge >= 0.3 is 0 Å². The monoisotopic (exact) mass is 334 g/mol. The Bertz CT molecular complexity index is 569. The lowest BCUT2D eigenvalue weighted by Crippen LogP contribution is -2.47. The third-order valence-electron chi connectivity index (χ3n) is 5.20. The summed E-state index contributed by atoms with van der Waals surface area (Å²) < 4.78 is 5.11. The zero-order chi connectivity index (χ0) is 17.0. The Kier molecular flexibility index (Phi) is 5.63. The predicted molar refractivity (Wildman–Crippen MR) is 97.6 cm³/mol. The molecule has 1 aromatic carbocycles. The van der Waals surface area contributed by atoms with E-state index in [9.17, 15) is 4.79 Å². The molecule has 1 fully saturated rings. The van der Waals surface area contributed by atoms with Gasteiger partial charge in [0, 0.05) is 12.1 Å². The maximum atomic E-state index is 12.2. The summed E-state index contributed by atoms with van der Waals surface area (Å²) in [6.45, 7) is 6.74. The number of carbonyl (C=O) groups excluding carboxylic acids is 1. The summed E-state index contributed by atoms with van der Waals surface area (Å²) >= 11 is 5.21. The normalized spacial score (nSPS) is 21.9. The molecule has 1 saturated carbocycles. The SMILES string of the molecule is CC[C@H]1C[C@@H](CC(=O)NC(=S)Nc2ccc(OC)cc2)C1(C)C. The Morgan fingerprint density at radius 1 is 1.30 bits per heavy atom. The number of hydrogen-bond acceptors (Lipinski definition) is 3. The fourth-order valence-corrected chi connectivity index (χ4v) is 3.63. The molecule has 0 radical (unpaired) electrons. The molecule has 0 bridgehead atoms. The average Bonchev–Trinajstić information content (AvgIpc) is 2.51. The molecule has 4 nitrogen and oxygen atoms in total. The molecule has 1 amide bonds. The summed E-state index contributed by atoms with van der Waals surface area (Å²) in [5, 5.41) is 6.13. The smallest absolute Gasteiger partial charge is 0.226 e. The fourth-order valence-electron chi connectivity index (χ4n) is 3.40. The number of nitrogens with one attached hydrogen (secondary N) is 2. The van der Waals surface area contributed by atoms with Crippen molar-refractivity contribution >= 4 is 28.9 Å². The highest BCUT2D eigenvalue weighted by atomic mass is 32.1. The highest BCUT2D eigenvalue weighted by molar-refractivity contribution is 7.80. The number of carbonyl (C=O) groups is 1. The minimum absolute atomic E-state index is 0.0105. The molecular formula is C18H26N2O2S. The van der Waals surface area contributed by atoms with Crippen LogP contribution in [0.4, 0.5) is 5.69 Å². The van der Waals surface area contributed by atoms with Crippen LogP contribution < -0.4 is 15.4 Å². The molecule has 0 saturated heterocycles. The molecule has 0 aromatic heterocycles. The molecule has 5 heteroatoms. The standard InChI is InChI=1S/C18H26N2O2S/c1-5-12-10-13(18(12,2)3)11-16(21)20-17(23)19-14-6-8-15(22-4)9-7-14/h6-9,12-13H,5,10-11H2,1-4H3,(H2,19,20,21,23)/t12-,13-/m0/s1. The zero-order valence-corrected chi connectivity index (χ0v) is 15.1. The molecule has 1 aliphatic rings. The maximum absolute atomic E-state index is 12.2. The van der Waals surface area contributed by atoms with Crippen molar-refractivity contribution in [3.8, 4) is 5.75 Å². The predicted octanol–water partition coefficient (Wildman–Crippen LogP) is 3.97. The number of rotatable bonds is 5. The van der Waals surface area contributed by atoms with E-state index in [0.29, 0.717) is 17.5 Å². The van der Waals surface area contributed by atoms with E-state index < -0.39 is 0 Å². The molecule has 2 atom stereocenters. The second kappa shape index (κ2) is 7.30. The topological polar surface area (TPSA) is 50.4 Å². The van der Waals surface area contributed by atoms with Crippen molar-refractivity contribution in [3.63, 3.8) is 0 Å². The van der Waals surface area contributed by atoms with Crippen LogP contribution in [0.5, 0.6) is 5.75 Å². The molecule has 0 aliphatic heterocycles. The van der Waals surface area contributed by atoms with Gasteiger partial charge in [0.05, 0.1) is 7.11 Å². The molecule has 0 spiro atoms. The number of methoxy groups -OCH3 is 1. The van der Waals surface area contributed by atoms with Gasteiger partial charge in [0.25, 0.3) is 0 Å². The fraction of sp³-hybridized carbons (Fsp3) is 0.556. The highest BCUT2D eigenvalue weighted by Gasteiger charge is 2.47. The number of benzene rings is 1. The van der Waals surface area contributed by atoms with Crippen molar-refractivity contribution in [3.05, 3.63) is 24.3 Å². The van der Waals surface area contributed by atoms with Crippen molar-refractivity contribution in [2.75, 3.05) is 12.4 Å². The Morgan fingerprint density at radius 2 is 1.96 bits per heavy atom. The Labute approximate surface area is 144 Å². The van der Waals surface area contributed by atoms with Gasteiger partial charge in [-0.15, -0.1) is 0 Å². The number of amides is 1. The van der Waals surface area contributed by atoms with Crippen LogP contribution in [0.25, 0.3) is 0 Å². The number of hydrogen-bond donors (Lipinski definition) is 2. The van der Waals surface area contributed by atoms with Gasteiger partial charge in [0.1, 0.15) is 5.75 Å². The van der Waals surface area contributed by atoms with E-state index in [1.165, 1.54) is 6.42 Å². The Hall–Kier alpha value is -1.62. The van der Waals surface area contributed by atoms with Gasteiger partial charge in [-0.2, -0.15) is 0 Å². The van der Waals surface area contributed by atoms with Crippen LogP contribution in [0.2, 0.25) is 0 Å². The summed E-state index contributed by atoms with van der Waals surface area (Å²) in [4.78, 5) is 12.2. The Morgan fingerprint density at radius 3 is 2.48 bits per heavy atom. The first-order chi connectivity index (χ1) is 10.9. The van der Waals surface area contributed by atoms with Gasteiger partial charge in [-0.3, -0.25) is 4.79 Å². The van der Waals surface area contributed by atoms with Crippen LogP contribution in [-0.2, 0) is 4.79 Å². The summed E-state index contributed by atoms with van der Waals surface area (Å²) in [5.41, 5.74) is 1.07. The largest absolute Gasteiger partial charge is 0.497 e. The van der Waals surface area contributed by atoms with Gasteiger partial charge < -0.3 is 15.4 Å². The lowest BCUT2D eigenvalue weighted by atomic mass is 9.53. The van der Waals surface area contributed by atoms with E-state index in [2.05, 4.69) is 31.4 Å². The van der Waals surface area contributed by atoms with E-state index in [0.717, 1.165) is 23.8 Å². The lowest BCUT2D eigenvalue weighted by Gasteiger charge is -2.52. The van der Waals surface area contributed by atoms with Crippen molar-refractivity contribution in [2.45, 2.75) is 40.0 Å².